The van der Waals surface area contributed by atoms with Gasteiger partial charge in [-0.1, -0.05) is 48.5 Å². The molecule has 1 saturated heterocycles. The van der Waals surface area contributed by atoms with Crippen molar-refractivity contribution in [1.29, 1.82) is 0 Å². The van der Waals surface area contributed by atoms with Gasteiger partial charge in [-0.15, -0.1) is 0 Å². The average Bonchev–Trinajstić information content (AvgIpc) is 2.89. The van der Waals surface area contributed by atoms with Gasteiger partial charge in [-0.25, -0.2) is 4.79 Å². The lowest BCUT2D eigenvalue weighted by Gasteiger charge is -2.16. The second-order valence-corrected chi connectivity index (χ2v) is 5.78. The summed E-state index contributed by atoms with van der Waals surface area (Å²) in [6.07, 6.45) is -1.06. The summed E-state index contributed by atoms with van der Waals surface area (Å²) >= 11 is 0. The van der Waals surface area contributed by atoms with Crippen molar-refractivity contribution < 1.29 is 14.3 Å². The number of imide groups is 1. The third kappa shape index (κ3) is 2.14. The number of carbonyl (C=O) groups is 2. The minimum absolute atomic E-state index is 0.372. The summed E-state index contributed by atoms with van der Waals surface area (Å²) in [5.74, 6) is -0.372. The van der Waals surface area contributed by atoms with Gasteiger partial charge in [0.2, 0.25) is 0 Å². The van der Waals surface area contributed by atoms with Crippen molar-refractivity contribution in [2.75, 3.05) is 0 Å². The lowest BCUT2D eigenvalue weighted by atomic mass is 9.90. The molecule has 1 atom stereocenters. The molecule has 4 heteroatoms. The maximum absolute atomic E-state index is 11.9. The van der Waals surface area contributed by atoms with Crippen LogP contribution in [0.2, 0.25) is 0 Å². The van der Waals surface area contributed by atoms with Crippen LogP contribution in [0, 0.1) is 6.92 Å². The molecule has 1 fully saturated rings. The molecular formula is C19H15NO3. The SMILES string of the molecule is Cc1c2ccccc2c(CC2OC(=O)NC2=O)c2ccccc12. The van der Waals surface area contributed by atoms with Crippen LogP contribution in [0.25, 0.3) is 21.5 Å². The summed E-state index contributed by atoms with van der Waals surface area (Å²) in [6.45, 7) is 2.11. The Morgan fingerprint density at radius 2 is 1.43 bits per heavy atom. The van der Waals surface area contributed by atoms with Crippen LogP contribution in [0.3, 0.4) is 0 Å². The van der Waals surface area contributed by atoms with Crippen molar-refractivity contribution in [3.8, 4) is 0 Å². The topological polar surface area (TPSA) is 55.4 Å². The van der Waals surface area contributed by atoms with Gasteiger partial charge in [-0.3, -0.25) is 10.1 Å². The van der Waals surface area contributed by atoms with E-state index in [-0.39, 0.29) is 5.91 Å². The minimum atomic E-state index is -0.767. The van der Waals surface area contributed by atoms with Crippen LogP contribution < -0.4 is 5.32 Å². The highest BCUT2D eigenvalue weighted by Crippen LogP contribution is 2.33. The van der Waals surface area contributed by atoms with E-state index in [0.717, 1.165) is 27.1 Å². The van der Waals surface area contributed by atoms with Gasteiger partial charge in [0.1, 0.15) is 0 Å². The van der Waals surface area contributed by atoms with Crippen molar-refractivity contribution in [3.63, 3.8) is 0 Å². The van der Waals surface area contributed by atoms with Crippen molar-refractivity contribution in [2.45, 2.75) is 19.4 Å². The summed E-state index contributed by atoms with van der Waals surface area (Å²) in [4.78, 5) is 23.2. The summed E-state index contributed by atoms with van der Waals surface area (Å²) in [7, 11) is 0. The molecule has 0 spiro atoms. The number of hydrogen-bond acceptors (Lipinski definition) is 3. The number of benzene rings is 3. The molecule has 23 heavy (non-hydrogen) atoms. The van der Waals surface area contributed by atoms with Crippen LogP contribution in [-0.4, -0.2) is 18.1 Å². The van der Waals surface area contributed by atoms with E-state index in [1.54, 1.807) is 0 Å². The number of rotatable bonds is 2. The fourth-order valence-corrected chi connectivity index (χ4v) is 3.37. The molecular weight excluding hydrogens is 290 g/mol. The standard InChI is InChI=1S/C19H15NO3/c1-11-12-6-2-4-8-14(12)16(15-9-5-3-7-13(11)15)10-17-18(21)20-19(22)23-17/h2-9,17H,10H2,1H3,(H,20,21,22). The van der Waals surface area contributed by atoms with Gasteiger partial charge in [0.05, 0.1) is 0 Å². The van der Waals surface area contributed by atoms with E-state index in [4.69, 9.17) is 4.74 Å². The van der Waals surface area contributed by atoms with Gasteiger partial charge in [-0.2, -0.15) is 0 Å². The van der Waals surface area contributed by atoms with Gasteiger partial charge in [0.15, 0.2) is 6.10 Å². The Bertz CT molecular complexity index is 904. The van der Waals surface area contributed by atoms with Crippen molar-refractivity contribution in [2.24, 2.45) is 0 Å². The Morgan fingerprint density at radius 3 is 1.91 bits per heavy atom. The van der Waals surface area contributed by atoms with E-state index in [1.807, 2.05) is 24.3 Å². The first-order valence-electron chi connectivity index (χ1n) is 7.55. The molecule has 0 bridgehead atoms. The second-order valence-electron chi connectivity index (χ2n) is 5.78. The summed E-state index contributed by atoms with van der Waals surface area (Å²) in [5.41, 5.74) is 2.25. The van der Waals surface area contributed by atoms with Crippen LogP contribution >= 0.6 is 0 Å². The Hall–Kier alpha value is -2.88. The quantitative estimate of drug-likeness (QED) is 0.737. The Balaban J connectivity index is 1.97. The molecule has 0 saturated carbocycles. The molecule has 4 nitrogen and oxygen atoms in total. The van der Waals surface area contributed by atoms with E-state index < -0.39 is 12.2 Å². The molecule has 1 aliphatic heterocycles. The molecule has 114 valence electrons. The Kier molecular flexibility index (Phi) is 3.05. The molecule has 0 aliphatic carbocycles. The molecule has 1 heterocycles. The molecule has 0 radical (unpaired) electrons. The summed E-state index contributed by atoms with van der Waals surface area (Å²) in [5, 5.41) is 6.70. The van der Waals surface area contributed by atoms with E-state index in [1.165, 1.54) is 5.56 Å². The second kappa shape index (κ2) is 5.09. The third-order valence-electron chi connectivity index (χ3n) is 4.47. The van der Waals surface area contributed by atoms with Crippen LogP contribution in [0.1, 0.15) is 11.1 Å². The first-order chi connectivity index (χ1) is 11.1. The van der Waals surface area contributed by atoms with Crippen LogP contribution in [0.15, 0.2) is 48.5 Å². The van der Waals surface area contributed by atoms with Crippen molar-refractivity contribution in [1.82, 2.24) is 5.32 Å². The number of fused-ring (bicyclic) bond motifs is 2. The molecule has 4 rings (SSSR count). The van der Waals surface area contributed by atoms with Gasteiger partial charge >= 0.3 is 6.09 Å². The smallest absolute Gasteiger partial charge is 0.414 e. The van der Waals surface area contributed by atoms with E-state index in [2.05, 4.69) is 36.5 Å². The number of alkyl carbamates (subject to hydrolysis) is 1. The number of amides is 2. The fourth-order valence-electron chi connectivity index (χ4n) is 3.37. The van der Waals surface area contributed by atoms with E-state index in [0.29, 0.717) is 6.42 Å². The Labute approximate surface area is 133 Å². The number of aryl methyl sites for hydroxylation is 1. The monoisotopic (exact) mass is 305 g/mol. The molecule has 2 amide bonds. The predicted octanol–water partition coefficient (Wildman–Crippen LogP) is 3.48. The van der Waals surface area contributed by atoms with Crippen molar-refractivity contribution in [3.05, 3.63) is 59.7 Å². The Morgan fingerprint density at radius 1 is 0.913 bits per heavy atom. The summed E-state index contributed by atoms with van der Waals surface area (Å²) in [6, 6.07) is 16.3. The van der Waals surface area contributed by atoms with Crippen molar-refractivity contribution >= 4 is 33.5 Å². The highest BCUT2D eigenvalue weighted by Gasteiger charge is 2.33. The first kappa shape index (κ1) is 13.8. The molecule has 3 aromatic carbocycles. The summed E-state index contributed by atoms with van der Waals surface area (Å²) < 4.78 is 5.11. The molecule has 0 aromatic heterocycles. The zero-order valence-electron chi connectivity index (χ0n) is 12.6. The number of ether oxygens (including phenoxy) is 1. The normalized spacial score (nSPS) is 17.5. The zero-order valence-corrected chi connectivity index (χ0v) is 12.6. The highest BCUT2D eigenvalue weighted by atomic mass is 16.6. The fraction of sp³-hybridized carbons (Fsp3) is 0.158. The number of carbonyl (C=O) groups excluding carboxylic acids is 2. The maximum Gasteiger partial charge on any atom is 0.414 e. The van der Waals surface area contributed by atoms with E-state index >= 15 is 0 Å². The highest BCUT2D eigenvalue weighted by molar-refractivity contribution is 6.06. The van der Waals surface area contributed by atoms with E-state index in [9.17, 15) is 9.59 Å². The largest absolute Gasteiger partial charge is 0.435 e. The first-order valence-corrected chi connectivity index (χ1v) is 7.55. The number of nitrogens with one attached hydrogen (secondary N) is 1. The molecule has 1 unspecified atom stereocenters. The molecule has 1 aliphatic rings. The number of cyclic esters (lactones) is 1. The predicted molar refractivity (Wildman–Crippen MR) is 88.3 cm³/mol. The third-order valence-corrected chi connectivity index (χ3v) is 4.47. The van der Waals surface area contributed by atoms with Crippen LogP contribution in [0.5, 0.6) is 0 Å². The average molecular weight is 305 g/mol. The maximum atomic E-state index is 11.9. The van der Waals surface area contributed by atoms with Gasteiger partial charge < -0.3 is 4.74 Å². The minimum Gasteiger partial charge on any atom is -0.435 e. The molecule has 3 aromatic rings. The zero-order chi connectivity index (χ0) is 16.0. The number of hydrogen-bond donors (Lipinski definition) is 1. The van der Waals surface area contributed by atoms with Gasteiger partial charge in [-0.05, 0) is 39.6 Å². The van der Waals surface area contributed by atoms with Gasteiger partial charge in [0, 0.05) is 6.42 Å². The van der Waals surface area contributed by atoms with Crippen LogP contribution in [0.4, 0.5) is 4.79 Å². The van der Waals surface area contributed by atoms with Crippen LogP contribution in [-0.2, 0) is 16.0 Å². The van der Waals surface area contributed by atoms with Gasteiger partial charge in [0.25, 0.3) is 5.91 Å². The lowest BCUT2D eigenvalue weighted by molar-refractivity contribution is -0.123. The molecule has 1 N–H and O–H groups in total. The lowest BCUT2D eigenvalue weighted by Crippen LogP contribution is -2.26.